The molecule has 1 unspecified atom stereocenters. The zero-order valence-electron chi connectivity index (χ0n) is 11.6. The first-order valence-electron chi connectivity index (χ1n) is 6.99. The second-order valence-corrected chi connectivity index (χ2v) is 5.07. The van der Waals surface area contributed by atoms with Crippen LogP contribution in [-0.2, 0) is 0 Å². The van der Waals surface area contributed by atoms with Gasteiger partial charge in [0.2, 0.25) is 0 Å². The lowest BCUT2D eigenvalue weighted by molar-refractivity contribution is 0.400. The average Bonchev–Trinajstić information content (AvgIpc) is 2.41. The van der Waals surface area contributed by atoms with Crippen molar-refractivity contribution in [2.24, 2.45) is 5.73 Å². The van der Waals surface area contributed by atoms with Crippen LogP contribution in [0.1, 0.15) is 37.8 Å². The van der Waals surface area contributed by atoms with Crippen LogP contribution in [-0.4, -0.2) is 29.8 Å². The summed E-state index contributed by atoms with van der Waals surface area (Å²) >= 11 is 0. The van der Waals surface area contributed by atoms with Crippen molar-refractivity contribution < 1.29 is 10.0 Å². The second kappa shape index (κ2) is 9.10. The van der Waals surface area contributed by atoms with Crippen LogP contribution in [0.4, 0.5) is 0 Å². The Morgan fingerprint density at radius 1 is 1.21 bits per heavy atom. The van der Waals surface area contributed by atoms with Crippen LogP contribution in [0.25, 0.3) is 0 Å². The zero-order chi connectivity index (χ0) is 14.1. The van der Waals surface area contributed by atoms with E-state index in [1.54, 1.807) is 0 Å². The summed E-state index contributed by atoms with van der Waals surface area (Å²) in [4.78, 5) is 0. The molecular formula is C14H25BN2O2. The van der Waals surface area contributed by atoms with Crippen LogP contribution < -0.4 is 11.1 Å². The molecule has 0 heterocycles. The van der Waals surface area contributed by atoms with E-state index in [1.165, 1.54) is 5.56 Å². The lowest BCUT2D eigenvalue weighted by Gasteiger charge is -2.18. The Bertz CT molecular complexity index is 335. The van der Waals surface area contributed by atoms with Gasteiger partial charge in [0, 0.05) is 18.6 Å². The summed E-state index contributed by atoms with van der Waals surface area (Å²) in [6.07, 6.45) is 3.07. The highest BCUT2D eigenvalue weighted by Gasteiger charge is 2.09. The molecule has 0 spiro atoms. The molecule has 0 aliphatic rings. The van der Waals surface area contributed by atoms with Gasteiger partial charge in [-0.05, 0) is 25.2 Å². The van der Waals surface area contributed by atoms with Gasteiger partial charge >= 0.3 is 7.12 Å². The van der Waals surface area contributed by atoms with E-state index in [4.69, 9.17) is 15.8 Å². The van der Waals surface area contributed by atoms with Crippen molar-refractivity contribution in [1.82, 2.24) is 5.32 Å². The highest BCUT2D eigenvalue weighted by atomic mass is 16.4. The molecule has 0 bridgehead atoms. The standard InChI is InChI=1S/C14H25BN2O2/c1-12(13-7-3-2-4-8-13)17-11-14(16)9-5-6-10-15(18)19/h2-4,7-8,12,14,17-19H,5-6,9-11,16H2,1H3/t12-,14?/m1/s1. The van der Waals surface area contributed by atoms with Crippen LogP contribution in [0, 0.1) is 0 Å². The zero-order valence-corrected chi connectivity index (χ0v) is 11.6. The number of nitrogens with two attached hydrogens (primary N) is 1. The van der Waals surface area contributed by atoms with Crippen molar-refractivity contribution in [2.75, 3.05) is 6.54 Å². The molecule has 0 aromatic heterocycles. The predicted molar refractivity (Wildman–Crippen MR) is 79.7 cm³/mol. The van der Waals surface area contributed by atoms with Crippen molar-refractivity contribution in [3.05, 3.63) is 35.9 Å². The van der Waals surface area contributed by atoms with Gasteiger partial charge in [0.25, 0.3) is 0 Å². The minimum absolute atomic E-state index is 0.113. The Hall–Kier alpha value is -0.875. The van der Waals surface area contributed by atoms with E-state index in [-0.39, 0.29) is 6.04 Å². The molecule has 4 nitrogen and oxygen atoms in total. The maximum Gasteiger partial charge on any atom is 0.451 e. The molecule has 5 heteroatoms. The number of benzene rings is 1. The molecule has 0 saturated heterocycles. The Morgan fingerprint density at radius 2 is 1.89 bits per heavy atom. The van der Waals surface area contributed by atoms with Crippen molar-refractivity contribution in [1.29, 1.82) is 0 Å². The van der Waals surface area contributed by atoms with Gasteiger partial charge < -0.3 is 21.1 Å². The van der Waals surface area contributed by atoms with Crippen molar-refractivity contribution in [3.63, 3.8) is 0 Å². The summed E-state index contributed by atoms with van der Waals surface area (Å²) in [6.45, 7) is 2.90. The van der Waals surface area contributed by atoms with Gasteiger partial charge in [0.15, 0.2) is 0 Å². The van der Waals surface area contributed by atoms with Crippen molar-refractivity contribution >= 4 is 7.12 Å². The van der Waals surface area contributed by atoms with E-state index < -0.39 is 7.12 Å². The quantitative estimate of drug-likeness (QED) is 0.400. The summed E-state index contributed by atoms with van der Waals surface area (Å²) in [5.74, 6) is 0. The van der Waals surface area contributed by atoms with Gasteiger partial charge in [-0.25, -0.2) is 0 Å². The summed E-state index contributed by atoms with van der Waals surface area (Å²) in [5.41, 5.74) is 7.29. The molecular weight excluding hydrogens is 239 g/mol. The molecule has 0 radical (unpaired) electrons. The van der Waals surface area contributed by atoms with Crippen LogP contribution in [0.15, 0.2) is 30.3 Å². The van der Waals surface area contributed by atoms with E-state index in [1.807, 2.05) is 18.2 Å². The highest BCUT2D eigenvalue weighted by molar-refractivity contribution is 6.40. The van der Waals surface area contributed by atoms with Gasteiger partial charge in [0.1, 0.15) is 0 Å². The summed E-state index contributed by atoms with van der Waals surface area (Å²) in [7, 11) is -1.19. The summed E-state index contributed by atoms with van der Waals surface area (Å²) in [6, 6.07) is 10.7. The first-order chi connectivity index (χ1) is 9.09. The molecule has 5 N–H and O–H groups in total. The van der Waals surface area contributed by atoms with E-state index in [2.05, 4.69) is 24.4 Å². The number of hydrogen-bond donors (Lipinski definition) is 4. The van der Waals surface area contributed by atoms with E-state index >= 15 is 0 Å². The fraction of sp³-hybridized carbons (Fsp3) is 0.571. The number of hydrogen-bond acceptors (Lipinski definition) is 4. The molecule has 106 valence electrons. The summed E-state index contributed by atoms with van der Waals surface area (Å²) < 4.78 is 0. The fourth-order valence-electron chi connectivity index (χ4n) is 2.02. The Labute approximate surface area is 116 Å². The SMILES string of the molecule is C[C@@H](NCC(N)CCCCB(O)O)c1ccccc1. The molecule has 0 amide bonds. The average molecular weight is 264 g/mol. The maximum atomic E-state index is 8.73. The predicted octanol–water partition coefficient (Wildman–Crippen LogP) is 1.31. The smallest absolute Gasteiger partial charge is 0.427 e. The van der Waals surface area contributed by atoms with Gasteiger partial charge in [0.05, 0.1) is 0 Å². The van der Waals surface area contributed by atoms with E-state index in [9.17, 15) is 0 Å². The minimum Gasteiger partial charge on any atom is -0.427 e. The minimum atomic E-state index is -1.19. The van der Waals surface area contributed by atoms with Crippen LogP contribution in [0.5, 0.6) is 0 Å². The second-order valence-electron chi connectivity index (χ2n) is 5.07. The highest BCUT2D eigenvalue weighted by Crippen LogP contribution is 2.11. The Balaban J connectivity index is 2.14. The topological polar surface area (TPSA) is 78.5 Å². The molecule has 0 fully saturated rings. The lowest BCUT2D eigenvalue weighted by Crippen LogP contribution is -2.35. The first-order valence-corrected chi connectivity index (χ1v) is 6.99. The van der Waals surface area contributed by atoms with Gasteiger partial charge in [-0.2, -0.15) is 0 Å². The third-order valence-corrected chi connectivity index (χ3v) is 3.27. The van der Waals surface area contributed by atoms with Crippen molar-refractivity contribution in [2.45, 2.75) is 44.6 Å². The third kappa shape index (κ3) is 7.33. The molecule has 0 aliphatic heterocycles. The van der Waals surface area contributed by atoms with Crippen LogP contribution in [0.3, 0.4) is 0 Å². The molecule has 2 atom stereocenters. The molecule has 1 aromatic carbocycles. The Kier molecular flexibility index (Phi) is 7.75. The van der Waals surface area contributed by atoms with E-state index in [0.717, 1.165) is 25.8 Å². The number of rotatable bonds is 9. The van der Waals surface area contributed by atoms with Crippen LogP contribution in [0.2, 0.25) is 6.32 Å². The molecule has 1 aromatic rings. The maximum absolute atomic E-state index is 8.73. The molecule has 1 rings (SSSR count). The fourth-order valence-corrected chi connectivity index (χ4v) is 2.02. The van der Waals surface area contributed by atoms with E-state index in [0.29, 0.717) is 12.4 Å². The third-order valence-electron chi connectivity index (χ3n) is 3.27. The number of nitrogens with one attached hydrogen (secondary N) is 1. The Morgan fingerprint density at radius 3 is 2.53 bits per heavy atom. The van der Waals surface area contributed by atoms with Crippen molar-refractivity contribution in [3.8, 4) is 0 Å². The van der Waals surface area contributed by atoms with Gasteiger partial charge in [-0.15, -0.1) is 0 Å². The molecule has 19 heavy (non-hydrogen) atoms. The normalized spacial score (nSPS) is 14.1. The van der Waals surface area contributed by atoms with Crippen LogP contribution >= 0.6 is 0 Å². The lowest BCUT2D eigenvalue weighted by atomic mass is 9.83. The largest absolute Gasteiger partial charge is 0.451 e. The van der Waals surface area contributed by atoms with Gasteiger partial charge in [-0.1, -0.05) is 43.2 Å². The number of unbranched alkanes of at least 4 members (excludes halogenated alkanes) is 1. The molecule has 0 saturated carbocycles. The molecule has 0 aliphatic carbocycles. The first kappa shape index (κ1) is 16.2. The summed E-state index contributed by atoms with van der Waals surface area (Å²) in [5, 5.41) is 20.9. The van der Waals surface area contributed by atoms with Gasteiger partial charge in [-0.3, -0.25) is 0 Å². The monoisotopic (exact) mass is 264 g/mol.